The molecule has 0 aliphatic carbocycles. The van der Waals surface area contributed by atoms with Gasteiger partial charge in [0.05, 0.1) is 13.2 Å². The summed E-state index contributed by atoms with van der Waals surface area (Å²) in [6, 6.07) is 0. The Morgan fingerprint density at radius 2 is 0.714 bits per heavy atom. The Morgan fingerprint density at radius 3 is 1.04 bits per heavy atom. The molecule has 49 heavy (non-hydrogen) atoms. The molecule has 0 amide bonds. The van der Waals surface area contributed by atoms with E-state index in [1.165, 1.54) is 103 Å². The van der Waals surface area contributed by atoms with Gasteiger partial charge in [-0.15, -0.1) is 0 Å². The summed E-state index contributed by atoms with van der Waals surface area (Å²) in [5, 5.41) is 0. The average Bonchev–Trinajstić information content (AvgIpc) is 3.09. The third kappa shape index (κ3) is 33.5. The van der Waals surface area contributed by atoms with Crippen LogP contribution < -0.4 is 0 Å². The molecule has 0 rings (SSSR count). The van der Waals surface area contributed by atoms with E-state index in [4.69, 9.17) is 9.47 Å². The number of hydrogen-bond donors (Lipinski definition) is 0. The number of esters is 2. The molecule has 0 unspecified atom stereocenters. The van der Waals surface area contributed by atoms with Crippen molar-refractivity contribution in [2.45, 2.75) is 233 Å². The van der Waals surface area contributed by atoms with Gasteiger partial charge in [0.2, 0.25) is 0 Å². The van der Waals surface area contributed by atoms with E-state index in [0.29, 0.717) is 37.9 Å². The third-order valence-electron chi connectivity index (χ3n) is 10.5. The molecule has 0 saturated carbocycles. The maximum atomic E-state index is 12.2. The lowest BCUT2D eigenvalue weighted by atomic mass is 9.92. The van der Waals surface area contributed by atoms with Crippen molar-refractivity contribution in [1.82, 2.24) is 0 Å². The molecule has 0 aliphatic heterocycles. The van der Waals surface area contributed by atoms with Crippen molar-refractivity contribution in [3.63, 3.8) is 0 Å². The molecule has 0 aromatic rings. The lowest BCUT2D eigenvalue weighted by molar-refractivity contribution is -0.145. The minimum absolute atomic E-state index is 0.0310. The van der Waals surface area contributed by atoms with Crippen LogP contribution in [0.5, 0.6) is 0 Å². The molecule has 0 atom stereocenters. The second-order valence-electron chi connectivity index (χ2n) is 15.2. The second-order valence-corrected chi connectivity index (χ2v) is 15.2. The van der Waals surface area contributed by atoms with Gasteiger partial charge in [-0.1, -0.05) is 182 Å². The Morgan fingerprint density at radius 1 is 0.408 bits per heavy atom. The number of hydrogen-bond acceptors (Lipinski definition) is 5. The van der Waals surface area contributed by atoms with E-state index in [9.17, 15) is 14.4 Å². The van der Waals surface area contributed by atoms with Crippen LogP contribution in [0.25, 0.3) is 0 Å². The van der Waals surface area contributed by atoms with Crippen LogP contribution in [0.1, 0.15) is 233 Å². The van der Waals surface area contributed by atoms with Crippen molar-refractivity contribution >= 4 is 18.2 Å². The fourth-order valence-electron chi connectivity index (χ4n) is 7.11. The number of carbonyl (C=O) groups excluding carboxylic acids is 3. The molecule has 0 spiro atoms. The second kappa shape index (κ2) is 37.9. The Hall–Kier alpha value is -1.39. The summed E-state index contributed by atoms with van der Waals surface area (Å²) >= 11 is 0. The van der Waals surface area contributed by atoms with Crippen LogP contribution in [0.3, 0.4) is 0 Å². The van der Waals surface area contributed by atoms with E-state index >= 15 is 0 Å². The smallest absolute Gasteiger partial charge is 0.305 e. The largest absolute Gasteiger partial charge is 0.466 e. The summed E-state index contributed by atoms with van der Waals surface area (Å²) in [7, 11) is 0. The predicted octanol–water partition coefficient (Wildman–Crippen LogP) is 13.7. The van der Waals surface area contributed by atoms with Gasteiger partial charge in [-0.2, -0.15) is 0 Å². The SMILES string of the molecule is CCCCCC(CCCCC)CCOC(=O)CCCCCCCC(C=O)CCCCCCCC(=O)OCCC(CCCCC)CCCCC. The van der Waals surface area contributed by atoms with Crippen LogP contribution in [0, 0.1) is 17.8 Å². The Kier molecular flexibility index (Phi) is 36.8. The molecular weight excluding hydrogens is 608 g/mol. The standard InChI is InChI=1S/C44H84O5/c1-5-9-19-27-40(28-20-10-6-2)35-37-48-43(46)33-25-17-13-15-23-31-42(39-45)32-24-16-14-18-26-34-44(47)49-38-36-41(29-21-11-7-3)30-22-12-8-4/h39-42H,5-38H2,1-4H3. The number of unbranched alkanes of at least 4 members (excludes halogenated alkanes) is 16. The normalized spacial score (nSPS) is 11.6. The fraction of sp³-hybridized carbons (Fsp3) is 0.932. The van der Waals surface area contributed by atoms with Crippen LogP contribution in [0.2, 0.25) is 0 Å². The monoisotopic (exact) mass is 693 g/mol. The van der Waals surface area contributed by atoms with Crippen molar-refractivity contribution < 1.29 is 23.9 Å². The topological polar surface area (TPSA) is 69.7 Å². The lowest BCUT2D eigenvalue weighted by Crippen LogP contribution is -2.10. The summed E-state index contributed by atoms with van der Waals surface area (Å²) in [4.78, 5) is 36.0. The van der Waals surface area contributed by atoms with Gasteiger partial charge in [-0.3, -0.25) is 9.59 Å². The van der Waals surface area contributed by atoms with Crippen molar-refractivity contribution in [2.24, 2.45) is 17.8 Å². The highest BCUT2D eigenvalue weighted by Gasteiger charge is 2.12. The van der Waals surface area contributed by atoms with Gasteiger partial charge in [0, 0.05) is 18.8 Å². The van der Waals surface area contributed by atoms with Gasteiger partial charge in [-0.25, -0.2) is 0 Å². The minimum atomic E-state index is -0.0310. The van der Waals surface area contributed by atoms with Crippen LogP contribution in [0.15, 0.2) is 0 Å². The molecule has 0 aliphatic rings. The van der Waals surface area contributed by atoms with E-state index in [0.717, 1.165) is 96.2 Å². The van der Waals surface area contributed by atoms with Crippen LogP contribution >= 0.6 is 0 Å². The highest BCUT2D eigenvalue weighted by atomic mass is 16.5. The van der Waals surface area contributed by atoms with Crippen molar-refractivity contribution in [1.29, 1.82) is 0 Å². The molecule has 0 saturated heterocycles. The fourth-order valence-corrected chi connectivity index (χ4v) is 7.11. The molecule has 0 aromatic carbocycles. The van der Waals surface area contributed by atoms with E-state index in [1.54, 1.807) is 0 Å². The number of carbonyl (C=O) groups is 3. The van der Waals surface area contributed by atoms with Crippen LogP contribution in [0.4, 0.5) is 0 Å². The first kappa shape index (κ1) is 47.6. The van der Waals surface area contributed by atoms with Crippen molar-refractivity contribution in [3.8, 4) is 0 Å². The molecule has 0 radical (unpaired) electrons. The summed E-state index contributed by atoms with van der Waals surface area (Å²) in [5.74, 6) is 1.52. The van der Waals surface area contributed by atoms with Gasteiger partial charge in [0.1, 0.15) is 6.29 Å². The molecule has 5 nitrogen and oxygen atoms in total. The van der Waals surface area contributed by atoms with Crippen LogP contribution in [-0.4, -0.2) is 31.4 Å². The van der Waals surface area contributed by atoms with Gasteiger partial charge < -0.3 is 14.3 Å². The van der Waals surface area contributed by atoms with E-state index < -0.39 is 0 Å². The summed E-state index contributed by atoms with van der Waals surface area (Å²) in [6.07, 6.45) is 37.4. The molecule has 5 heteroatoms. The lowest BCUT2D eigenvalue weighted by Gasteiger charge is -2.16. The Labute approximate surface area is 305 Å². The molecule has 0 fully saturated rings. The maximum absolute atomic E-state index is 12.2. The predicted molar refractivity (Wildman–Crippen MR) is 209 cm³/mol. The highest BCUT2D eigenvalue weighted by Crippen LogP contribution is 2.23. The molecule has 0 bridgehead atoms. The number of rotatable bonds is 39. The van der Waals surface area contributed by atoms with Gasteiger partial charge in [0.25, 0.3) is 0 Å². The van der Waals surface area contributed by atoms with Crippen molar-refractivity contribution in [2.75, 3.05) is 13.2 Å². The maximum Gasteiger partial charge on any atom is 0.305 e. The quantitative estimate of drug-likeness (QED) is 0.0364. The molecule has 0 N–H and O–H groups in total. The summed E-state index contributed by atoms with van der Waals surface area (Å²) in [6.45, 7) is 10.2. The molecular formula is C44H84O5. The molecule has 0 aromatic heterocycles. The first-order valence-corrected chi connectivity index (χ1v) is 21.8. The van der Waals surface area contributed by atoms with Gasteiger partial charge in [0.15, 0.2) is 0 Å². The Bertz CT molecular complexity index is 646. The highest BCUT2D eigenvalue weighted by molar-refractivity contribution is 5.69. The molecule has 290 valence electrons. The zero-order valence-electron chi connectivity index (χ0n) is 33.4. The van der Waals surface area contributed by atoms with Gasteiger partial charge in [-0.05, 0) is 50.4 Å². The van der Waals surface area contributed by atoms with Crippen LogP contribution in [-0.2, 0) is 23.9 Å². The average molecular weight is 693 g/mol. The zero-order valence-corrected chi connectivity index (χ0v) is 33.4. The van der Waals surface area contributed by atoms with E-state index in [1.807, 2.05) is 0 Å². The van der Waals surface area contributed by atoms with E-state index in [2.05, 4.69) is 27.7 Å². The summed E-state index contributed by atoms with van der Waals surface area (Å²) < 4.78 is 11.2. The van der Waals surface area contributed by atoms with E-state index in [-0.39, 0.29) is 17.9 Å². The van der Waals surface area contributed by atoms with Crippen molar-refractivity contribution in [3.05, 3.63) is 0 Å². The summed E-state index contributed by atoms with van der Waals surface area (Å²) in [5.41, 5.74) is 0. The Balaban J connectivity index is 3.80. The minimum Gasteiger partial charge on any atom is -0.466 e. The number of aldehydes is 1. The number of ether oxygens (including phenoxy) is 2. The third-order valence-corrected chi connectivity index (χ3v) is 10.5. The molecule has 0 heterocycles. The zero-order chi connectivity index (χ0) is 36.0. The first-order chi connectivity index (χ1) is 24.0. The first-order valence-electron chi connectivity index (χ1n) is 21.8. The van der Waals surface area contributed by atoms with Gasteiger partial charge >= 0.3 is 11.9 Å².